The lowest BCUT2D eigenvalue weighted by Gasteiger charge is -2.21. The first-order valence-electron chi connectivity index (χ1n) is 5.61. The van der Waals surface area contributed by atoms with E-state index in [9.17, 15) is 0 Å². The van der Waals surface area contributed by atoms with Crippen molar-refractivity contribution in [3.63, 3.8) is 0 Å². The third-order valence-corrected chi connectivity index (χ3v) is 2.96. The van der Waals surface area contributed by atoms with Crippen molar-refractivity contribution in [1.82, 2.24) is 4.98 Å². The van der Waals surface area contributed by atoms with Crippen LogP contribution in [0.15, 0.2) is 36.5 Å². The Kier molecular flexibility index (Phi) is 3.00. The van der Waals surface area contributed by atoms with Crippen molar-refractivity contribution < 1.29 is 0 Å². The zero-order valence-electron chi connectivity index (χ0n) is 10.4. The molecular formula is C14H17N3. The van der Waals surface area contributed by atoms with Crippen molar-refractivity contribution in [1.29, 1.82) is 0 Å². The van der Waals surface area contributed by atoms with Gasteiger partial charge in [-0.05, 0) is 37.1 Å². The molecule has 0 atom stereocenters. The molecule has 2 aromatic rings. The monoisotopic (exact) mass is 227 g/mol. The molecule has 0 saturated carbocycles. The number of nitrogen functional groups attached to an aromatic ring is 1. The molecule has 0 radical (unpaired) electrons. The summed E-state index contributed by atoms with van der Waals surface area (Å²) in [5.74, 6) is 0.908. The third-order valence-electron chi connectivity index (χ3n) is 2.96. The maximum Gasteiger partial charge on any atom is 0.133 e. The van der Waals surface area contributed by atoms with E-state index in [2.05, 4.69) is 28.9 Å². The van der Waals surface area contributed by atoms with Crippen LogP contribution in [0.5, 0.6) is 0 Å². The molecule has 0 aliphatic heterocycles. The standard InChI is InChI=1S/C14H17N3/c1-10-6-4-5-7-13(10)17(3)14-8-11(2)12(15)9-16-14/h4-9H,15H2,1-3H3. The van der Waals surface area contributed by atoms with E-state index in [0.29, 0.717) is 0 Å². The molecule has 3 heteroatoms. The summed E-state index contributed by atoms with van der Waals surface area (Å²) in [5, 5.41) is 0. The van der Waals surface area contributed by atoms with Gasteiger partial charge in [0, 0.05) is 12.7 Å². The minimum atomic E-state index is 0.729. The summed E-state index contributed by atoms with van der Waals surface area (Å²) in [6.07, 6.45) is 1.71. The first-order valence-corrected chi connectivity index (χ1v) is 5.61. The lowest BCUT2D eigenvalue weighted by atomic mass is 10.2. The van der Waals surface area contributed by atoms with Gasteiger partial charge in [-0.25, -0.2) is 4.98 Å². The Balaban J connectivity index is 2.40. The van der Waals surface area contributed by atoms with E-state index in [0.717, 1.165) is 22.8 Å². The topological polar surface area (TPSA) is 42.2 Å². The van der Waals surface area contributed by atoms with Gasteiger partial charge < -0.3 is 10.6 Å². The average molecular weight is 227 g/mol. The summed E-state index contributed by atoms with van der Waals surface area (Å²) in [6, 6.07) is 10.2. The van der Waals surface area contributed by atoms with Crippen LogP contribution in [0, 0.1) is 13.8 Å². The van der Waals surface area contributed by atoms with E-state index >= 15 is 0 Å². The van der Waals surface area contributed by atoms with Crippen LogP contribution in [0.2, 0.25) is 0 Å². The largest absolute Gasteiger partial charge is 0.397 e. The highest BCUT2D eigenvalue weighted by atomic mass is 15.2. The van der Waals surface area contributed by atoms with Gasteiger partial charge in [0.1, 0.15) is 5.82 Å². The first kappa shape index (κ1) is 11.5. The van der Waals surface area contributed by atoms with Crippen LogP contribution in [0.25, 0.3) is 0 Å². The Bertz CT molecular complexity index is 535. The molecule has 0 unspecified atom stereocenters. The Labute approximate surface area is 102 Å². The molecule has 0 aliphatic carbocycles. The Morgan fingerprint density at radius 3 is 2.47 bits per heavy atom. The molecule has 88 valence electrons. The predicted octanol–water partition coefficient (Wildman–Crippen LogP) is 3.05. The highest BCUT2D eigenvalue weighted by molar-refractivity contribution is 5.64. The number of hydrogen-bond donors (Lipinski definition) is 1. The van der Waals surface area contributed by atoms with Crippen molar-refractivity contribution in [3.05, 3.63) is 47.7 Å². The first-order chi connectivity index (χ1) is 8.09. The van der Waals surface area contributed by atoms with E-state index < -0.39 is 0 Å². The number of aryl methyl sites for hydroxylation is 2. The lowest BCUT2D eigenvalue weighted by Crippen LogP contribution is -2.12. The number of anilines is 3. The Hall–Kier alpha value is -2.03. The second-order valence-electron chi connectivity index (χ2n) is 4.24. The van der Waals surface area contributed by atoms with E-state index in [1.54, 1.807) is 6.20 Å². The van der Waals surface area contributed by atoms with Crippen LogP contribution in [0.4, 0.5) is 17.2 Å². The molecule has 1 aromatic carbocycles. The number of nitrogens with two attached hydrogens (primary N) is 1. The minimum absolute atomic E-state index is 0.729. The molecule has 0 amide bonds. The number of hydrogen-bond acceptors (Lipinski definition) is 3. The van der Waals surface area contributed by atoms with Gasteiger partial charge in [0.05, 0.1) is 11.9 Å². The smallest absolute Gasteiger partial charge is 0.133 e. The van der Waals surface area contributed by atoms with Crippen LogP contribution < -0.4 is 10.6 Å². The van der Waals surface area contributed by atoms with Crippen LogP contribution in [-0.2, 0) is 0 Å². The van der Waals surface area contributed by atoms with Gasteiger partial charge in [0.15, 0.2) is 0 Å². The molecule has 3 nitrogen and oxygen atoms in total. The molecule has 0 aliphatic rings. The zero-order chi connectivity index (χ0) is 12.4. The number of aromatic nitrogens is 1. The van der Waals surface area contributed by atoms with Gasteiger partial charge >= 0.3 is 0 Å². The van der Waals surface area contributed by atoms with Crippen molar-refractivity contribution in [2.24, 2.45) is 0 Å². The van der Waals surface area contributed by atoms with E-state index in [1.807, 2.05) is 32.2 Å². The summed E-state index contributed by atoms with van der Waals surface area (Å²) >= 11 is 0. The fraction of sp³-hybridized carbons (Fsp3) is 0.214. The second kappa shape index (κ2) is 4.45. The minimum Gasteiger partial charge on any atom is -0.397 e. The molecule has 0 fully saturated rings. The highest BCUT2D eigenvalue weighted by Gasteiger charge is 2.08. The normalized spacial score (nSPS) is 10.3. The molecule has 1 heterocycles. The average Bonchev–Trinajstić information content (AvgIpc) is 2.32. The summed E-state index contributed by atoms with van der Waals surface area (Å²) < 4.78 is 0. The maximum atomic E-state index is 5.78. The summed E-state index contributed by atoms with van der Waals surface area (Å²) in [7, 11) is 2.01. The van der Waals surface area contributed by atoms with Crippen molar-refractivity contribution >= 4 is 17.2 Å². The highest BCUT2D eigenvalue weighted by Crippen LogP contribution is 2.26. The number of nitrogens with zero attached hydrogens (tertiary/aromatic N) is 2. The molecule has 0 bridgehead atoms. The Morgan fingerprint density at radius 2 is 1.82 bits per heavy atom. The van der Waals surface area contributed by atoms with Crippen molar-refractivity contribution in [2.75, 3.05) is 17.7 Å². The van der Waals surface area contributed by atoms with Gasteiger partial charge in [-0.1, -0.05) is 18.2 Å². The van der Waals surface area contributed by atoms with Gasteiger partial charge in [0.2, 0.25) is 0 Å². The predicted molar refractivity (Wildman–Crippen MR) is 72.6 cm³/mol. The van der Waals surface area contributed by atoms with Gasteiger partial charge in [0.25, 0.3) is 0 Å². The number of rotatable bonds is 2. The fourth-order valence-electron chi connectivity index (χ4n) is 1.80. The van der Waals surface area contributed by atoms with Gasteiger partial charge in [-0.15, -0.1) is 0 Å². The molecule has 2 rings (SSSR count). The third kappa shape index (κ3) is 2.23. The quantitative estimate of drug-likeness (QED) is 0.857. The molecule has 0 saturated heterocycles. The molecule has 1 aromatic heterocycles. The number of para-hydroxylation sites is 1. The molecule has 2 N–H and O–H groups in total. The van der Waals surface area contributed by atoms with Crippen LogP contribution in [0.1, 0.15) is 11.1 Å². The van der Waals surface area contributed by atoms with Crippen molar-refractivity contribution in [2.45, 2.75) is 13.8 Å². The summed E-state index contributed by atoms with van der Waals surface area (Å²) in [4.78, 5) is 6.43. The molecular weight excluding hydrogens is 210 g/mol. The molecule has 0 spiro atoms. The SMILES string of the molecule is Cc1cc(N(C)c2ccccc2C)ncc1N. The van der Waals surface area contributed by atoms with E-state index in [-0.39, 0.29) is 0 Å². The Morgan fingerprint density at radius 1 is 1.12 bits per heavy atom. The fourth-order valence-corrected chi connectivity index (χ4v) is 1.80. The van der Waals surface area contributed by atoms with E-state index in [4.69, 9.17) is 5.73 Å². The van der Waals surface area contributed by atoms with Gasteiger partial charge in [-0.3, -0.25) is 0 Å². The number of pyridine rings is 1. The van der Waals surface area contributed by atoms with E-state index in [1.165, 1.54) is 5.56 Å². The second-order valence-corrected chi connectivity index (χ2v) is 4.24. The zero-order valence-corrected chi connectivity index (χ0v) is 10.4. The van der Waals surface area contributed by atoms with Crippen LogP contribution >= 0.6 is 0 Å². The maximum absolute atomic E-state index is 5.78. The lowest BCUT2D eigenvalue weighted by molar-refractivity contribution is 1.11. The van der Waals surface area contributed by atoms with Crippen LogP contribution in [0.3, 0.4) is 0 Å². The van der Waals surface area contributed by atoms with Crippen molar-refractivity contribution in [3.8, 4) is 0 Å². The summed E-state index contributed by atoms with van der Waals surface area (Å²) in [5.41, 5.74) is 9.94. The van der Waals surface area contributed by atoms with Gasteiger partial charge in [-0.2, -0.15) is 0 Å². The van der Waals surface area contributed by atoms with Crippen LogP contribution in [-0.4, -0.2) is 12.0 Å². The number of benzene rings is 1. The molecule has 17 heavy (non-hydrogen) atoms. The summed E-state index contributed by atoms with van der Waals surface area (Å²) in [6.45, 7) is 4.09.